The fraction of sp³-hybridized carbons (Fsp3) is 0.400. The van der Waals surface area contributed by atoms with Crippen molar-refractivity contribution >= 4 is 0 Å². The summed E-state index contributed by atoms with van der Waals surface area (Å²) in [5.41, 5.74) is 0. The van der Waals surface area contributed by atoms with Gasteiger partial charge in [-0.2, -0.15) is 0 Å². The second-order valence-corrected chi connectivity index (χ2v) is 4.57. The van der Waals surface area contributed by atoms with E-state index in [4.69, 9.17) is 29.9 Å². The van der Waals surface area contributed by atoms with Crippen molar-refractivity contribution in [3.05, 3.63) is 48.5 Å². The van der Waals surface area contributed by atoms with Crippen LogP contribution >= 0.6 is 0 Å². The molecular weight excluding hydrogens is 336 g/mol. The monoisotopic (exact) mass is 368 g/mol. The molecule has 0 saturated carbocycles. The summed E-state index contributed by atoms with van der Waals surface area (Å²) in [6.45, 7) is 11.3. The number of para-hydroxylation sites is 2. The molecule has 6 nitrogen and oxygen atoms in total. The van der Waals surface area contributed by atoms with Crippen LogP contribution in [-0.2, 0) is 9.47 Å². The Hall–Kier alpha value is -2.44. The van der Waals surface area contributed by atoms with Crippen LogP contribution in [0.4, 0.5) is 0 Å². The van der Waals surface area contributed by atoms with Gasteiger partial charge in [-0.05, 0) is 52.0 Å². The quantitative estimate of drug-likeness (QED) is 0.601. The van der Waals surface area contributed by atoms with Crippen molar-refractivity contribution in [1.82, 2.24) is 0 Å². The van der Waals surface area contributed by atoms with E-state index in [1.54, 1.807) is 18.2 Å². The molecule has 0 heterocycles. The molecule has 4 N–H and O–H groups in total. The normalized spacial score (nSPS) is 8.77. The summed E-state index contributed by atoms with van der Waals surface area (Å²) in [6, 6.07) is 12.0. The van der Waals surface area contributed by atoms with E-state index in [0.717, 1.165) is 26.4 Å². The molecule has 6 heteroatoms. The van der Waals surface area contributed by atoms with E-state index < -0.39 is 0 Å². The smallest absolute Gasteiger partial charge is 0.157 e. The second kappa shape index (κ2) is 18.9. The van der Waals surface area contributed by atoms with Crippen LogP contribution in [0.5, 0.6) is 23.0 Å². The zero-order valence-electron chi connectivity index (χ0n) is 16.1. The number of hydrogen-bond acceptors (Lipinski definition) is 6. The zero-order chi connectivity index (χ0) is 20.2. The highest BCUT2D eigenvalue weighted by Crippen LogP contribution is 2.21. The van der Waals surface area contributed by atoms with Crippen molar-refractivity contribution in [2.24, 2.45) is 0 Å². The van der Waals surface area contributed by atoms with E-state index in [1.807, 2.05) is 27.7 Å². The number of ether oxygens (including phenoxy) is 2. The summed E-state index contributed by atoms with van der Waals surface area (Å²) < 4.78 is 9.67. The van der Waals surface area contributed by atoms with Gasteiger partial charge in [0.05, 0.1) is 0 Å². The van der Waals surface area contributed by atoms with Crippen LogP contribution in [0.2, 0.25) is 0 Å². The topological polar surface area (TPSA) is 99.4 Å². The first-order valence-electron chi connectivity index (χ1n) is 8.53. The first-order chi connectivity index (χ1) is 12.4. The van der Waals surface area contributed by atoms with Gasteiger partial charge in [-0.1, -0.05) is 18.2 Å². The van der Waals surface area contributed by atoms with Gasteiger partial charge >= 0.3 is 0 Å². The highest BCUT2D eigenvalue weighted by Gasteiger charge is 1.90. The van der Waals surface area contributed by atoms with E-state index in [2.05, 4.69) is 0 Å². The fourth-order valence-electron chi connectivity index (χ4n) is 1.37. The van der Waals surface area contributed by atoms with E-state index >= 15 is 0 Å². The lowest BCUT2D eigenvalue weighted by atomic mass is 10.3. The number of aromatic hydroxyl groups is 4. The molecule has 0 unspecified atom stereocenters. The van der Waals surface area contributed by atoms with Crippen molar-refractivity contribution in [2.45, 2.75) is 27.7 Å². The number of phenolic OH excluding ortho intramolecular Hbond substituents is 4. The Morgan fingerprint density at radius 1 is 0.577 bits per heavy atom. The predicted octanol–water partition coefficient (Wildman–Crippen LogP) is 4.28. The molecule has 26 heavy (non-hydrogen) atoms. The summed E-state index contributed by atoms with van der Waals surface area (Å²) in [4.78, 5) is 0. The first kappa shape index (κ1) is 25.8. The van der Waals surface area contributed by atoms with Crippen LogP contribution in [0.3, 0.4) is 0 Å². The maximum absolute atomic E-state index is 8.67. The SMILES string of the molecule is CCOCC.CCOCC.Oc1cccc(O)c1.Oc1ccccc1O. The fourth-order valence-corrected chi connectivity index (χ4v) is 1.37. The van der Waals surface area contributed by atoms with E-state index in [-0.39, 0.29) is 23.0 Å². The zero-order valence-corrected chi connectivity index (χ0v) is 16.1. The number of benzene rings is 2. The minimum Gasteiger partial charge on any atom is -0.508 e. The van der Waals surface area contributed by atoms with Crippen LogP contribution in [0.25, 0.3) is 0 Å². The Kier molecular flexibility index (Phi) is 18.7. The van der Waals surface area contributed by atoms with E-state index in [9.17, 15) is 0 Å². The molecule has 0 aliphatic rings. The maximum Gasteiger partial charge on any atom is 0.157 e. The Morgan fingerprint density at radius 2 is 0.923 bits per heavy atom. The predicted molar refractivity (Wildman–Crippen MR) is 104 cm³/mol. The Morgan fingerprint density at radius 3 is 1.08 bits per heavy atom. The summed E-state index contributed by atoms with van der Waals surface area (Å²) in [5, 5.41) is 34.6. The Labute approximate surface area is 156 Å². The van der Waals surface area contributed by atoms with Crippen LogP contribution in [0.15, 0.2) is 48.5 Å². The molecule has 0 aliphatic carbocycles. The third-order valence-electron chi connectivity index (χ3n) is 2.53. The standard InChI is InChI=1S/2C6H6O2.2C4H10O/c7-5-2-1-3-6(8)4-5;7-5-3-1-2-4-6(5)8;2*1-3-5-4-2/h2*1-4,7-8H;2*3-4H2,1-2H3. The third kappa shape index (κ3) is 17.9. The van der Waals surface area contributed by atoms with Gasteiger partial charge in [0.1, 0.15) is 11.5 Å². The summed E-state index contributed by atoms with van der Waals surface area (Å²) in [6.07, 6.45) is 0. The molecule has 0 aromatic heterocycles. The van der Waals surface area contributed by atoms with Gasteiger partial charge in [0.2, 0.25) is 0 Å². The first-order valence-corrected chi connectivity index (χ1v) is 8.53. The lowest BCUT2D eigenvalue weighted by Gasteiger charge is -1.91. The summed E-state index contributed by atoms with van der Waals surface area (Å²) in [7, 11) is 0. The summed E-state index contributed by atoms with van der Waals surface area (Å²) >= 11 is 0. The van der Waals surface area contributed by atoms with Crippen LogP contribution in [-0.4, -0.2) is 46.9 Å². The molecule has 2 aromatic rings. The van der Waals surface area contributed by atoms with E-state index in [1.165, 1.54) is 30.3 Å². The van der Waals surface area contributed by atoms with Crippen molar-refractivity contribution in [3.8, 4) is 23.0 Å². The van der Waals surface area contributed by atoms with Gasteiger partial charge in [-0.3, -0.25) is 0 Å². The van der Waals surface area contributed by atoms with Gasteiger partial charge in [0, 0.05) is 32.5 Å². The molecule has 148 valence electrons. The number of hydrogen-bond donors (Lipinski definition) is 4. The Balaban J connectivity index is 0. The molecule has 0 bridgehead atoms. The van der Waals surface area contributed by atoms with Crippen molar-refractivity contribution in [1.29, 1.82) is 0 Å². The highest BCUT2D eigenvalue weighted by atomic mass is 16.5. The minimum absolute atomic E-state index is 0.0764. The number of rotatable bonds is 4. The number of phenols is 4. The molecule has 0 aliphatic heterocycles. The molecule has 0 saturated heterocycles. The third-order valence-corrected chi connectivity index (χ3v) is 2.53. The van der Waals surface area contributed by atoms with Crippen LogP contribution in [0.1, 0.15) is 27.7 Å². The van der Waals surface area contributed by atoms with Gasteiger partial charge in [-0.25, -0.2) is 0 Å². The molecule has 0 fully saturated rings. The highest BCUT2D eigenvalue weighted by molar-refractivity contribution is 5.36. The van der Waals surface area contributed by atoms with Crippen LogP contribution < -0.4 is 0 Å². The van der Waals surface area contributed by atoms with Gasteiger partial charge in [0.15, 0.2) is 11.5 Å². The van der Waals surface area contributed by atoms with Gasteiger partial charge in [-0.15, -0.1) is 0 Å². The average molecular weight is 368 g/mol. The van der Waals surface area contributed by atoms with E-state index in [0.29, 0.717) is 0 Å². The minimum atomic E-state index is -0.0764. The molecule has 0 radical (unpaired) electrons. The second-order valence-electron chi connectivity index (χ2n) is 4.57. The van der Waals surface area contributed by atoms with Gasteiger partial charge in [0.25, 0.3) is 0 Å². The van der Waals surface area contributed by atoms with Gasteiger partial charge < -0.3 is 29.9 Å². The molecule has 0 atom stereocenters. The molecular formula is C20H32O6. The molecule has 2 aromatic carbocycles. The molecule has 2 rings (SSSR count). The lowest BCUT2D eigenvalue weighted by Crippen LogP contribution is -1.84. The summed E-state index contributed by atoms with van der Waals surface area (Å²) in [5.74, 6) is 0.0231. The molecule has 0 amide bonds. The van der Waals surface area contributed by atoms with Crippen LogP contribution in [0, 0.1) is 0 Å². The maximum atomic E-state index is 8.67. The molecule has 0 spiro atoms. The van der Waals surface area contributed by atoms with Crippen molar-refractivity contribution in [3.63, 3.8) is 0 Å². The lowest BCUT2D eigenvalue weighted by molar-refractivity contribution is 0.162. The largest absolute Gasteiger partial charge is 0.508 e. The van der Waals surface area contributed by atoms with Crippen molar-refractivity contribution < 1.29 is 29.9 Å². The van der Waals surface area contributed by atoms with Crippen molar-refractivity contribution in [2.75, 3.05) is 26.4 Å². The average Bonchev–Trinajstić information content (AvgIpc) is 2.60. The Bertz CT molecular complexity index is 497.